The van der Waals surface area contributed by atoms with Gasteiger partial charge in [0, 0.05) is 19.1 Å². The average molecular weight is 158 g/mol. The SMILES string of the molecule is N[C@@H]1CCCN(C(=O)O)CC1. The molecule has 1 fully saturated rings. The highest BCUT2D eigenvalue weighted by atomic mass is 16.4. The van der Waals surface area contributed by atoms with Crippen molar-refractivity contribution in [3.05, 3.63) is 0 Å². The van der Waals surface area contributed by atoms with Crippen LogP contribution in [0.15, 0.2) is 0 Å². The van der Waals surface area contributed by atoms with E-state index in [4.69, 9.17) is 10.8 Å². The van der Waals surface area contributed by atoms with Crippen molar-refractivity contribution in [3.63, 3.8) is 0 Å². The van der Waals surface area contributed by atoms with Crippen molar-refractivity contribution < 1.29 is 9.90 Å². The van der Waals surface area contributed by atoms with Crippen LogP contribution in [0.4, 0.5) is 4.79 Å². The molecule has 1 aliphatic heterocycles. The van der Waals surface area contributed by atoms with Crippen molar-refractivity contribution in [1.82, 2.24) is 4.90 Å². The Kier molecular flexibility index (Phi) is 2.70. The maximum Gasteiger partial charge on any atom is 0.407 e. The lowest BCUT2D eigenvalue weighted by Gasteiger charge is -2.15. The van der Waals surface area contributed by atoms with Crippen LogP contribution in [-0.2, 0) is 0 Å². The smallest absolute Gasteiger partial charge is 0.407 e. The molecule has 0 bridgehead atoms. The van der Waals surface area contributed by atoms with Crippen molar-refractivity contribution in [2.75, 3.05) is 13.1 Å². The lowest BCUT2D eigenvalue weighted by Crippen LogP contribution is -2.31. The summed E-state index contributed by atoms with van der Waals surface area (Å²) in [7, 11) is 0. The number of carboxylic acid groups (broad SMARTS) is 1. The molecular weight excluding hydrogens is 144 g/mol. The van der Waals surface area contributed by atoms with Crippen LogP contribution in [0.3, 0.4) is 0 Å². The van der Waals surface area contributed by atoms with E-state index in [2.05, 4.69) is 0 Å². The molecule has 11 heavy (non-hydrogen) atoms. The number of hydrogen-bond acceptors (Lipinski definition) is 2. The minimum Gasteiger partial charge on any atom is -0.465 e. The minimum atomic E-state index is -0.820. The summed E-state index contributed by atoms with van der Waals surface area (Å²) < 4.78 is 0. The third-order valence-corrected chi connectivity index (χ3v) is 2.04. The summed E-state index contributed by atoms with van der Waals surface area (Å²) in [5.74, 6) is 0. The molecule has 1 amide bonds. The van der Waals surface area contributed by atoms with E-state index in [-0.39, 0.29) is 6.04 Å². The van der Waals surface area contributed by atoms with Crippen LogP contribution in [-0.4, -0.2) is 35.2 Å². The topological polar surface area (TPSA) is 66.6 Å². The molecule has 1 heterocycles. The zero-order valence-corrected chi connectivity index (χ0v) is 6.49. The summed E-state index contributed by atoms with van der Waals surface area (Å²) in [6.07, 6.45) is 1.82. The lowest BCUT2D eigenvalue weighted by molar-refractivity contribution is 0.147. The quantitative estimate of drug-likeness (QED) is 0.538. The van der Waals surface area contributed by atoms with E-state index < -0.39 is 6.09 Å². The molecule has 0 unspecified atom stereocenters. The van der Waals surface area contributed by atoms with Gasteiger partial charge in [-0.3, -0.25) is 0 Å². The summed E-state index contributed by atoms with van der Waals surface area (Å²) in [6.45, 7) is 1.24. The number of carbonyl (C=O) groups is 1. The number of amides is 1. The Bertz CT molecular complexity index is 149. The minimum absolute atomic E-state index is 0.194. The fourth-order valence-electron chi connectivity index (χ4n) is 1.31. The Balaban J connectivity index is 2.40. The zero-order chi connectivity index (χ0) is 8.27. The van der Waals surface area contributed by atoms with Crippen molar-refractivity contribution >= 4 is 6.09 Å². The van der Waals surface area contributed by atoms with Crippen LogP contribution in [0, 0.1) is 0 Å². The van der Waals surface area contributed by atoms with Crippen LogP contribution >= 0.6 is 0 Å². The largest absolute Gasteiger partial charge is 0.465 e. The van der Waals surface area contributed by atoms with Gasteiger partial charge >= 0.3 is 6.09 Å². The first-order valence-corrected chi connectivity index (χ1v) is 3.93. The average Bonchev–Trinajstić information content (AvgIpc) is 2.13. The summed E-state index contributed by atoms with van der Waals surface area (Å²) in [5, 5.41) is 8.63. The third-order valence-electron chi connectivity index (χ3n) is 2.04. The van der Waals surface area contributed by atoms with Gasteiger partial charge in [-0.15, -0.1) is 0 Å². The summed E-state index contributed by atoms with van der Waals surface area (Å²) in [6, 6.07) is 0.194. The second-order valence-electron chi connectivity index (χ2n) is 2.96. The Hall–Kier alpha value is -0.770. The fourth-order valence-corrected chi connectivity index (χ4v) is 1.31. The standard InChI is InChI=1S/C7H14N2O2/c8-6-2-1-4-9(5-3-6)7(10)11/h6H,1-5,8H2,(H,10,11)/t6-/m1/s1. The Labute approximate surface area is 66.0 Å². The normalized spacial score (nSPS) is 26.3. The molecule has 0 saturated carbocycles. The Morgan fingerprint density at radius 3 is 2.82 bits per heavy atom. The molecule has 4 heteroatoms. The first-order valence-electron chi connectivity index (χ1n) is 3.93. The van der Waals surface area contributed by atoms with E-state index in [1.54, 1.807) is 0 Å². The highest BCUT2D eigenvalue weighted by molar-refractivity contribution is 5.64. The van der Waals surface area contributed by atoms with E-state index in [1.807, 2.05) is 0 Å². The molecule has 1 atom stereocenters. The number of hydrogen-bond donors (Lipinski definition) is 2. The second kappa shape index (κ2) is 3.57. The Morgan fingerprint density at radius 1 is 1.45 bits per heavy atom. The van der Waals surface area contributed by atoms with Crippen LogP contribution in [0.5, 0.6) is 0 Å². The summed E-state index contributed by atoms with van der Waals surface area (Å²) in [4.78, 5) is 11.9. The van der Waals surface area contributed by atoms with Gasteiger partial charge < -0.3 is 15.7 Å². The van der Waals surface area contributed by atoms with Crippen molar-refractivity contribution in [1.29, 1.82) is 0 Å². The molecule has 0 aromatic rings. The van der Waals surface area contributed by atoms with Gasteiger partial charge in [-0.1, -0.05) is 0 Å². The number of rotatable bonds is 0. The molecule has 0 aromatic heterocycles. The van der Waals surface area contributed by atoms with Gasteiger partial charge in [0.2, 0.25) is 0 Å². The van der Waals surface area contributed by atoms with E-state index in [0.29, 0.717) is 13.1 Å². The van der Waals surface area contributed by atoms with Crippen molar-refractivity contribution in [2.45, 2.75) is 25.3 Å². The molecule has 1 saturated heterocycles. The summed E-state index contributed by atoms with van der Waals surface area (Å²) in [5.41, 5.74) is 5.68. The van der Waals surface area contributed by atoms with Gasteiger partial charge in [0.1, 0.15) is 0 Å². The predicted molar refractivity (Wildman–Crippen MR) is 41.4 cm³/mol. The van der Waals surface area contributed by atoms with Crippen LogP contribution in [0.1, 0.15) is 19.3 Å². The van der Waals surface area contributed by atoms with Gasteiger partial charge in [0.15, 0.2) is 0 Å². The van der Waals surface area contributed by atoms with Gasteiger partial charge in [0.25, 0.3) is 0 Å². The highest BCUT2D eigenvalue weighted by Crippen LogP contribution is 2.08. The first-order chi connectivity index (χ1) is 5.20. The van der Waals surface area contributed by atoms with E-state index in [0.717, 1.165) is 19.3 Å². The highest BCUT2D eigenvalue weighted by Gasteiger charge is 2.16. The molecule has 0 aliphatic carbocycles. The van der Waals surface area contributed by atoms with Crippen LogP contribution in [0.25, 0.3) is 0 Å². The van der Waals surface area contributed by atoms with Crippen LogP contribution in [0.2, 0.25) is 0 Å². The first kappa shape index (κ1) is 8.33. The molecule has 1 rings (SSSR count). The van der Waals surface area contributed by atoms with E-state index >= 15 is 0 Å². The monoisotopic (exact) mass is 158 g/mol. The van der Waals surface area contributed by atoms with E-state index in [1.165, 1.54) is 4.90 Å². The third kappa shape index (κ3) is 2.38. The van der Waals surface area contributed by atoms with Crippen molar-refractivity contribution in [2.24, 2.45) is 5.73 Å². The molecule has 0 aromatic carbocycles. The molecule has 0 radical (unpaired) electrons. The van der Waals surface area contributed by atoms with E-state index in [9.17, 15) is 4.79 Å². The molecular formula is C7H14N2O2. The van der Waals surface area contributed by atoms with Crippen molar-refractivity contribution in [3.8, 4) is 0 Å². The fraction of sp³-hybridized carbons (Fsp3) is 0.857. The zero-order valence-electron chi connectivity index (χ0n) is 6.49. The maximum atomic E-state index is 10.5. The second-order valence-corrected chi connectivity index (χ2v) is 2.96. The summed E-state index contributed by atoms with van der Waals surface area (Å²) >= 11 is 0. The maximum absolute atomic E-state index is 10.5. The van der Waals surface area contributed by atoms with Gasteiger partial charge in [0.05, 0.1) is 0 Å². The van der Waals surface area contributed by atoms with Gasteiger partial charge in [-0.2, -0.15) is 0 Å². The number of nitrogens with two attached hydrogens (primary N) is 1. The number of nitrogens with zero attached hydrogens (tertiary/aromatic N) is 1. The molecule has 3 N–H and O–H groups in total. The Morgan fingerprint density at radius 2 is 2.18 bits per heavy atom. The molecule has 4 nitrogen and oxygen atoms in total. The molecule has 1 aliphatic rings. The van der Waals surface area contributed by atoms with Gasteiger partial charge in [-0.25, -0.2) is 4.79 Å². The molecule has 0 spiro atoms. The lowest BCUT2D eigenvalue weighted by atomic mass is 10.1. The predicted octanol–water partition coefficient (Wildman–Crippen LogP) is 0.478. The van der Waals surface area contributed by atoms with Gasteiger partial charge in [-0.05, 0) is 19.3 Å². The van der Waals surface area contributed by atoms with Crippen LogP contribution < -0.4 is 5.73 Å². The number of likely N-dealkylation sites (tertiary alicyclic amines) is 1. The molecule has 64 valence electrons.